The Kier molecular flexibility index (Phi) is 4.82. The van der Waals surface area contributed by atoms with Crippen LogP contribution in [0.1, 0.15) is 41.1 Å². The number of hydrogen-bond donors (Lipinski definition) is 2. The first-order valence-corrected chi connectivity index (χ1v) is 10.5. The fourth-order valence-corrected chi connectivity index (χ4v) is 3.94. The SMILES string of the molecule is Cc1cn2cc(NC(=O)c3cnc(N4CCC(CNC5CC5)C4)cn3)nc(C)c2n1. The molecule has 0 spiro atoms. The van der Waals surface area contributed by atoms with Crippen molar-refractivity contribution < 1.29 is 4.79 Å². The van der Waals surface area contributed by atoms with E-state index in [-0.39, 0.29) is 11.6 Å². The highest BCUT2D eigenvalue weighted by molar-refractivity contribution is 6.02. The molecule has 156 valence electrons. The summed E-state index contributed by atoms with van der Waals surface area (Å²) in [5, 5.41) is 6.41. The topological polar surface area (TPSA) is 100 Å². The minimum absolute atomic E-state index is 0.270. The van der Waals surface area contributed by atoms with Crippen LogP contribution >= 0.6 is 0 Å². The number of carbonyl (C=O) groups excluding carboxylic acids is 1. The number of amides is 1. The Balaban J connectivity index is 1.22. The zero-order valence-electron chi connectivity index (χ0n) is 17.3. The average molecular weight is 406 g/mol. The Bertz CT molecular complexity index is 1070. The zero-order chi connectivity index (χ0) is 20.7. The van der Waals surface area contributed by atoms with Crippen molar-refractivity contribution in [1.29, 1.82) is 0 Å². The molecule has 3 aromatic heterocycles. The zero-order valence-corrected chi connectivity index (χ0v) is 17.3. The van der Waals surface area contributed by atoms with E-state index in [4.69, 9.17) is 0 Å². The van der Waals surface area contributed by atoms with Crippen molar-refractivity contribution in [2.24, 2.45) is 5.92 Å². The van der Waals surface area contributed by atoms with Crippen LogP contribution in [0, 0.1) is 19.8 Å². The summed E-state index contributed by atoms with van der Waals surface area (Å²) in [6.45, 7) is 6.82. The minimum Gasteiger partial charge on any atom is -0.355 e. The van der Waals surface area contributed by atoms with Gasteiger partial charge in [-0.05, 0) is 45.6 Å². The normalized spacial score (nSPS) is 18.9. The highest BCUT2D eigenvalue weighted by atomic mass is 16.2. The predicted octanol–water partition coefficient (Wildman–Crippen LogP) is 1.97. The Morgan fingerprint density at radius 3 is 2.77 bits per heavy atom. The van der Waals surface area contributed by atoms with Crippen LogP contribution < -0.4 is 15.5 Å². The molecule has 0 aromatic carbocycles. The lowest BCUT2D eigenvalue weighted by molar-refractivity contribution is 0.102. The molecular weight excluding hydrogens is 380 g/mol. The molecule has 9 heteroatoms. The number of nitrogens with zero attached hydrogens (tertiary/aromatic N) is 6. The van der Waals surface area contributed by atoms with Crippen LogP contribution in [0.4, 0.5) is 11.6 Å². The molecule has 3 aromatic rings. The summed E-state index contributed by atoms with van der Waals surface area (Å²) in [6, 6.07) is 0.744. The first-order chi connectivity index (χ1) is 14.5. The van der Waals surface area contributed by atoms with Crippen LogP contribution in [0.2, 0.25) is 0 Å². The molecule has 1 unspecified atom stereocenters. The predicted molar refractivity (Wildman–Crippen MR) is 114 cm³/mol. The van der Waals surface area contributed by atoms with Crippen molar-refractivity contribution in [2.45, 2.75) is 39.2 Å². The van der Waals surface area contributed by atoms with Crippen molar-refractivity contribution in [3.8, 4) is 0 Å². The molecule has 4 heterocycles. The number of aromatic nitrogens is 5. The van der Waals surface area contributed by atoms with E-state index in [1.54, 1.807) is 12.4 Å². The van der Waals surface area contributed by atoms with Crippen LogP contribution in [0.25, 0.3) is 5.65 Å². The van der Waals surface area contributed by atoms with E-state index in [9.17, 15) is 4.79 Å². The molecule has 2 aliphatic rings. The fraction of sp³-hybridized carbons (Fsp3) is 0.476. The molecule has 2 N–H and O–H groups in total. The molecule has 1 atom stereocenters. The molecular formula is C21H26N8O. The van der Waals surface area contributed by atoms with E-state index in [1.165, 1.54) is 19.0 Å². The lowest BCUT2D eigenvalue weighted by atomic mass is 10.1. The fourth-order valence-electron chi connectivity index (χ4n) is 3.94. The summed E-state index contributed by atoms with van der Waals surface area (Å²) in [7, 11) is 0. The van der Waals surface area contributed by atoms with Gasteiger partial charge in [0.25, 0.3) is 5.91 Å². The lowest BCUT2D eigenvalue weighted by Crippen LogP contribution is -2.28. The summed E-state index contributed by atoms with van der Waals surface area (Å²) >= 11 is 0. The number of hydrogen-bond acceptors (Lipinski definition) is 7. The van der Waals surface area contributed by atoms with Crippen molar-refractivity contribution in [2.75, 3.05) is 29.9 Å². The Morgan fingerprint density at radius 2 is 2.00 bits per heavy atom. The van der Waals surface area contributed by atoms with Gasteiger partial charge in [0.15, 0.2) is 5.65 Å². The Labute approximate surface area is 175 Å². The molecule has 1 saturated carbocycles. The average Bonchev–Trinajstić information content (AvgIpc) is 3.30. The van der Waals surface area contributed by atoms with Crippen LogP contribution in [-0.2, 0) is 0 Å². The van der Waals surface area contributed by atoms with Crippen LogP contribution in [0.15, 0.2) is 24.8 Å². The van der Waals surface area contributed by atoms with E-state index >= 15 is 0 Å². The first-order valence-electron chi connectivity index (χ1n) is 10.5. The molecule has 1 aliphatic heterocycles. The Morgan fingerprint density at radius 1 is 1.13 bits per heavy atom. The van der Waals surface area contributed by atoms with Crippen molar-refractivity contribution in [3.05, 3.63) is 41.9 Å². The molecule has 1 amide bonds. The molecule has 5 rings (SSSR count). The second-order valence-corrected chi connectivity index (χ2v) is 8.32. The molecule has 9 nitrogen and oxygen atoms in total. The first kappa shape index (κ1) is 18.9. The maximum Gasteiger partial charge on any atom is 0.277 e. The monoisotopic (exact) mass is 406 g/mol. The van der Waals surface area contributed by atoms with Gasteiger partial charge in [0.2, 0.25) is 0 Å². The van der Waals surface area contributed by atoms with Gasteiger partial charge in [0.05, 0.1) is 30.0 Å². The number of carbonyl (C=O) groups is 1. The molecule has 1 saturated heterocycles. The quantitative estimate of drug-likeness (QED) is 0.645. The van der Waals surface area contributed by atoms with Crippen LogP contribution in [0.3, 0.4) is 0 Å². The molecule has 2 fully saturated rings. The van der Waals surface area contributed by atoms with Gasteiger partial charge in [-0.25, -0.2) is 19.9 Å². The Hall–Kier alpha value is -3.07. The highest BCUT2D eigenvalue weighted by Gasteiger charge is 2.27. The number of rotatable bonds is 6. The van der Waals surface area contributed by atoms with Gasteiger partial charge >= 0.3 is 0 Å². The largest absolute Gasteiger partial charge is 0.355 e. The second-order valence-electron chi connectivity index (χ2n) is 8.32. The van der Waals surface area contributed by atoms with E-state index in [2.05, 4.69) is 35.5 Å². The number of imidazole rings is 1. The van der Waals surface area contributed by atoms with Crippen molar-refractivity contribution in [3.63, 3.8) is 0 Å². The van der Waals surface area contributed by atoms with Crippen LogP contribution in [-0.4, -0.2) is 55.9 Å². The summed E-state index contributed by atoms with van der Waals surface area (Å²) < 4.78 is 1.87. The summed E-state index contributed by atoms with van der Waals surface area (Å²) in [6.07, 6.45) is 10.7. The number of aryl methyl sites for hydroxylation is 2. The van der Waals surface area contributed by atoms with E-state index in [0.717, 1.165) is 54.9 Å². The van der Waals surface area contributed by atoms with Crippen LogP contribution in [0.5, 0.6) is 0 Å². The van der Waals surface area contributed by atoms with Gasteiger partial charge in [-0.2, -0.15) is 0 Å². The molecule has 30 heavy (non-hydrogen) atoms. The van der Waals surface area contributed by atoms with Crippen molar-refractivity contribution in [1.82, 2.24) is 29.7 Å². The molecule has 0 radical (unpaired) electrons. The van der Waals surface area contributed by atoms with Gasteiger partial charge in [-0.1, -0.05) is 0 Å². The second kappa shape index (κ2) is 7.64. The van der Waals surface area contributed by atoms with E-state index in [0.29, 0.717) is 11.7 Å². The van der Waals surface area contributed by atoms with Gasteiger partial charge in [0, 0.05) is 25.3 Å². The van der Waals surface area contributed by atoms with Gasteiger partial charge in [-0.15, -0.1) is 0 Å². The third-order valence-electron chi connectivity index (χ3n) is 5.72. The number of fused-ring (bicyclic) bond motifs is 1. The smallest absolute Gasteiger partial charge is 0.277 e. The third-order valence-corrected chi connectivity index (χ3v) is 5.72. The maximum absolute atomic E-state index is 12.6. The number of anilines is 2. The summed E-state index contributed by atoms with van der Waals surface area (Å²) in [4.78, 5) is 32.5. The standard InChI is InChI=1S/C21H26N8O/c1-13-10-29-12-18(26-14(2)20(29)25-13)27-21(30)17-8-24-19(9-23-17)28-6-5-15(11-28)7-22-16-3-4-16/h8-10,12,15-16,22H,3-7,11H2,1-2H3,(H,27,30). The third kappa shape index (κ3) is 3.97. The van der Waals surface area contributed by atoms with E-state index in [1.807, 2.05) is 24.4 Å². The lowest BCUT2D eigenvalue weighted by Gasteiger charge is -2.17. The number of nitrogens with one attached hydrogen (secondary N) is 2. The van der Waals surface area contributed by atoms with Gasteiger partial charge in [-0.3, -0.25) is 4.79 Å². The van der Waals surface area contributed by atoms with E-state index < -0.39 is 0 Å². The molecule has 0 bridgehead atoms. The highest BCUT2D eigenvalue weighted by Crippen LogP contribution is 2.24. The van der Waals surface area contributed by atoms with Gasteiger partial charge < -0.3 is 19.9 Å². The molecule has 1 aliphatic carbocycles. The van der Waals surface area contributed by atoms with Crippen molar-refractivity contribution >= 4 is 23.2 Å². The maximum atomic E-state index is 12.6. The summed E-state index contributed by atoms with van der Waals surface area (Å²) in [5.74, 6) is 1.60. The van der Waals surface area contributed by atoms with Gasteiger partial charge in [0.1, 0.15) is 17.3 Å². The summed E-state index contributed by atoms with van der Waals surface area (Å²) in [5.41, 5.74) is 2.71. The minimum atomic E-state index is -0.329.